The number of aryl methyl sites for hydroxylation is 1. The molecule has 1 rings (SSSR count). The van der Waals surface area contributed by atoms with Gasteiger partial charge in [0.1, 0.15) is 0 Å². The van der Waals surface area contributed by atoms with Gasteiger partial charge in [0.05, 0.1) is 0 Å². The van der Waals surface area contributed by atoms with Crippen LogP contribution in [0.1, 0.15) is 25.7 Å². The van der Waals surface area contributed by atoms with Gasteiger partial charge in [-0.15, -0.1) is 0 Å². The first kappa shape index (κ1) is 11.0. The van der Waals surface area contributed by atoms with Gasteiger partial charge >= 0.3 is 10.8 Å². The molecule has 0 atom stereocenters. The molecule has 14 heavy (non-hydrogen) atoms. The molecule has 0 fully saturated rings. The van der Waals surface area contributed by atoms with E-state index in [0.717, 1.165) is 12.8 Å². The van der Waals surface area contributed by atoms with E-state index in [9.17, 15) is 9.59 Å². The molecule has 0 saturated carbocycles. The minimum absolute atomic E-state index is 0.0586. The molecule has 4 nitrogen and oxygen atoms in total. The number of aliphatic carboxylic acids is 1. The molecule has 0 saturated heterocycles. The van der Waals surface area contributed by atoms with Crippen LogP contribution >= 0.6 is 11.3 Å². The molecule has 0 aliphatic heterocycles. The van der Waals surface area contributed by atoms with E-state index in [4.69, 9.17) is 5.11 Å². The Kier molecular flexibility index (Phi) is 4.39. The zero-order valence-corrected chi connectivity index (χ0v) is 8.63. The Bertz CT molecular complexity index is 342. The van der Waals surface area contributed by atoms with Crippen molar-refractivity contribution in [3.8, 4) is 0 Å². The molecular weight excluding hydrogens is 202 g/mol. The van der Waals surface area contributed by atoms with E-state index in [1.54, 1.807) is 16.1 Å². The highest BCUT2D eigenvalue weighted by Gasteiger charge is 1.98. The van der Waals surface area contributed by atoms with Gasteiger partial charge in [-0.25, -0.2) is 0 Å². The van der Waals surface area contributed by atoms with Gasteiger partial charge in [0.15, 0.2) is 0 Å². The highest BCUT2D eigenvalue weighted by molar-refractivity contribution is 7.07. The zero-order valence-electron chi connectivity index (χ0n) is 7.81. The molecule has 0 aliphatic rings. The lowest BCUT2D eigenvalue weighted by Gasteiger charge is -1.99. The molecule has 1 aromatic rings. The number of carboxylic acid groups (broad SMARTS) is 1. The Labute approximate surface area is 85.8 Å². The second-order valence-corrected chi connectivity index (χ2v) is 3.92. The lowest BCUT2D eigenvalue weighted by Crippen LogP contribution is -2.11. The Balaban J connectivity index is 2.13. The third-order valence-corrected chi connectivity index (χ3v) is 2.63. The van der Waals surface area contributed by atoms with E-state index in [1.807, 2.05) is 0 Å². The minimum Gasteiger partial charge on any atom is -0.481 e. The number of hydrogen-bond donors (Lipinski definition) is 1. The van der Waals surface area contributed by atoms with E-state index >= 15 is 0 Å². The van der Waals surface area contributed by atoms with Gasteiger partial charge in [0.2, 0.25) is 0 Å². The van der Waals surface area contributed by atoms with Crippen molar-refractivity contribution in [1.29, 1.82) is 0 Å². The highest BCUT2D eigenvalue weighted by atomic mass is 32.1. The SMILES string of the molecule is O=C(O)CCCCCn1ccsc1=O. The van der Waals surface area contributed by atoms with Crippen molar-refractivity contribution >= 4 is 17.3 Å². The first-order valence-corrected chi connectivity index (χ1v) is 5.44. The molecule has 5 heteroatoms. The molecule has 0 aliphatic carbocycles. The van der Waals surface area contributed by atoms with Crippen LogP contribution in [0.5, 0.6) is 0 Å². The molecule has 0 aromatic carbocycles. The maximum Gasteiger partial charge on any atom is 0.307 e. The Hall–Kier alpha value is -1.10. The fourth-order valence-electron chi connectivity index (χ4n) is 1.19. The number of thiazole rings is 1. The maximum absolute atomic E-state index is 11.1. The van der Waals surface area contributed by atoms with Crippen LogP contribution in [0.3, 0.4) is 0 Å². The average Bonchev–Trinajstić information content (AvgIpc) is 2.51. The van der Waals surface area contributed by atoms with Crippen molar-refractivity contribution in [2.45, 2.75) is 32.2 Å². The highest BCUT2D eigenvalue weighted by Crippen LogP contribution is 2.01. The van der Waals surface area contributed by atoms with Gasteiger partial charge in [-0.05, 0) is 12.8 Å². The summed E-state index contributed by atoms with van der Waals surface area (Å²) in [5.41, 5.74) is 0. The van der Waals surface area contributed by atoms with E-state index < -0.39 is 5.97 Å². The van der Waals surface area contributed by atoms with Crippen molar-refractivity contribution in [1.82, 2.24) is 4.57 Å². The van der Waals surface area contributed by atoms with Crippen LogP contribution in [0.15, 0.2) is 16.4 Å². The number of hydrogen-bond acceptors (Lipinski definition) is 3. The molecule has 0 bridgehead atoms. The summed E-state index contributed by atoms with van der Waals surface area (Å²) in [7, 11) is 0. The Morgan fingerprint density at radius 2 is 2.21 bits per heavy atom. The quantitative estimate of drug-likeness (QED) is 0.732. The van der Waals surface area contributed by atoms with E-state index in [2.05, 4.69) is 0 Å². The van der Waals surface area contributed by atoms with Crippen LogP contribution in [-0.4, -0.2) is 15.6 Å². The van der Waals surface area contributed by atoms with Crippen molar-refractivity contribution in [3.05, 3.63) is 21.2 Å². The summed E-state index contributed by atoms with van der Waals surface area (Å²) in [5, 5.41) is 10.2. The number of nitrogens with zero attached hydrogens (tertiary/aromatic N) is 1. The van der Waals surface area contributed by atoms with Crippen LogP contribution in [-0.2, 0) is 11.3 Å². The molecule has 1 heterocycles. The normalized spacial score (nSPS) is 10.3. The summed E-state index contributed by atoms with van der Waals surface area (Å²) >= 11 is 1.19. The van der Waals surface area contributed by atoms with Gasteiger partial charge in [0.25, 0.3) is 0 Å². The summed E-state index contributed by atoms with van der Waals surface area (Å²) in [5.74, 6) is -0.752. The Morgan fingerprint density at radius 1 is 1.43 bits per heavy atom. The van der Waals surface area contributed by atoms with E-state index in [1.165, 1.54) is 11.3 Å². The van der Waals surface area contributed by atoms with Crippen LogP contribution in [0.4, 0.5) is 0 Å². The summed E-state index contributed by atoms with van der Waals surface area (Å²) in [6.45, 7) is 0.696. The number of unbranched alkanes of at least 4 members (excludes halogenated alkanes) is 2. The van der Waals surface area contributed by atoms with Crippen molar-refractivity contribution < 1.29 is 9.90 Å². The summed E-state index contributed by atoms with van der Waals surface area (Å²) < 4.78 is 1.66. The maximum atomic E-state index is 11.1. The number of aromatic nitrogens is 1. The first-order valence-electron chi connectivity index (χ1n) is 4.56. The topological polar surface area (TPSA) is 59.3 Å². The molecule has 0 amide bonds. The molecule has 0 radical (unpaired) electrons. The van der Waals surface area contributed by atoms with Crippen LogP contribution in [0.25, 0.3) is 0 Å². The van der Waals surface area contributed by atoms with Gasteiger partial charge in [0, 0.05) is 24.5 Å². The number of rotatable bonds is 6. The molecule has 78 valence electrons. The summed E-state index contributed by atoms with van der Waals surface area (Å²) in [4.78, 5) is 21.3. The predicted octanol–water partition coefficient (Wildman–Crippen LogP) is 1.55. The second kappa shape index (κ2) is 5.59. The summed E-state index contributed by atoms with van der Waals surface area (Å²) in [6, 6.07) is 0. The molecule has 1 aromatic heterocycles. The van der Waals surface area contributed by atoms with Gasteiger partial charge in [-0.3, -0.25) is 9.59 Å². The van der Waals surface area contributed by atoms with Gasteiger partial charge < -0.3 is 9.67 Å². The second-order valence-electron chi connectivity index (χ2n) is 3.07. The third kappa shape index (κ3) is 3.74. The van der Waals surface area contributed by atoms with E-state index in [0.29, 0.717) is 13.0 Å². The fourth-order valence-corrected chi connectivity index (χ4v) is 1.80. The lowest BCUT2D eigenvalue weighted by molar-refractivity contribution is -0.137. The summed E-state index contributed by atoms with van der Waals surface area (Å²) in [6.07, 6.45) is 4.40. The van der Waals surface area contributed by atoms with Crippen molar-refractivity contribution in [2.75, 3.05) is 0 Å². The monoisotopic (exact) mass is 215 g/mol. The number of carbonyl (C=O) groups is 1. The standard InChI is InChI=1S/C9H13NO3S/c11-8(12)4-2-1-3-5-10-6-7-14-9(10)13/h6-7H,1-5H2,(H,11,12). The Morgan fingerprint density at radius 3 is 2.79 bits per heavy atom. The predicted molar refractivity (Wildman–Crippen MR) is 54.7 cm³/mol. The largest absolute Gasteiger partial charge is 0.481 e. The first-order chi connectivity index (χ1) is 6.70. The molecule has 1 N–H and O–H groups in total. The van der Waals surface area contributed by atoms with Gasteiger partial charge in [-0.2, -0.15) is 0 Å². The average molecular weight is 215 g/mol. The van der Waals surface area contributed by atoms with Crippen molar-refractivity contribution in [2.24, 2.45) is 0 Å². The molecular formula is C9H13NO3S. The van der Waals surface area contributed by atoms with Crippen LogP contribution in [0, 0.1) is 0 Å². The van der Waals surface area contributed by atoms with Crippen LogP contribution < -0.4 is 4.87 Å². The third-order valence-electron chi connectivity index (χ3n) is 1.93. The van der Waals surface area contributed by atoms with Crippen LogP contribution in [0.2, 0.25) is 0 Å². The van der Waals surface area contributed by atoms with Crippen molar-refractivity contribution in [3.63, 3.8) is 0 Å². The van der Waals surface area contributed by atoms with Gasteiger partial charge in [-0.1, -0.05) is 17.8 Å². The smallest absolute Gasteiger partial charge is 0.307 e. The zero-order chi connectivity index (χ0) is 10.4. The minimum atomic E-state index is -0.752. The van der Waals surface area contributed by atoms with E-state index in [-0.39, 0.29) is 11.3 Å². The fraction of sp³-hybridized carbons (Fsp3) is 0.556. The number of carboxylic acids is 1. The molecule has 0 unspecified atom stereocenters. The molecule has 0 spiro atoms. The lowest BCUT2D eigenvalue weighted by atomic mass is 10.2.